The van der Waals surface area contributed by atoms with Gasteiger partial charge in [-0.3, -0.25) is 4.79 Å². The van der Waals surface area contributed by atoms with Crippen LogP contribution in [0.4, 0.5) is 0 Å². The quantitative estimate of drug-likeness (QED) is 0.690. The van der Waals surface area contributed by atoms with Gasteiger partial charge in [0.05, 0.1) is 0 Å². The normalized spacial score (nSPS) is 16.2. The lowest BCUT2D eigenvalue weighted by molar-refractivity contribution is -0.134. The van der Waals surface area contributed by atoms with Crippen molar-refractivity contribution in [3.8, 4) is 0 Å². The standard InChI is InChI=1S/C10H20O2/c1-8(2)6-5-7-10(4,12)9(3)11/h8,12H,5-7H2,1-4H3. The van der Waals surface area contributed by atoms with Gasteiger partial charge in [0.25, 0.3) is 0 Å². The second kappa shape index (κ2) is 4.61. The van der Waals surface area contributed by atoms with Crippen LogP contribution in [0.3, 0.4) is 0 Å². The fourth-order valence-electron chi connectivity index (χ4n) is 1.03. The molecule has 0 aromatic heterocycles. The van der Waals surface area contributed by atoms with E-state index in [9.17, 15) is 9.90 Å². The van der Waals surface area contributed by atoms with Crippen LogP contribution in [0.15, 0.2) is 0 Å². The van der Waals surface area contributed by atoms with Crippen molar-refractivity contribution in [1.29, 1.82) is 0 Å². The highest BCUT2D eigenvalue weighted by Gasteiger charge is 2.25. The molecule has 0 radical (unpaired) electrons. The lowest BCUT2D eigenvalue weighted by Crippen LogP contribution is -2.32. The number of Topliss-reactive ketones (excluding diaryl/α,β-unsaturated/α-hetero) is 1. The summed E-state index contributed by atoms with van der Waals surface area (Å²) in [5.41, 5.74) is -1.10. The Morgan fingerprint density at radius 1 is 1.50 bits per heavy atom. The van der Waals surface area contributed by atoms with Crippen LogP contribution in [-0.2, 0) is 4.79 Å². The maximum absolute atomic E-state index is 10.9. The average molecular weight is 172 g/mol. The minimum Gasteiger partial charge on any atom is -0.382 e. The summed E-state index contributed by atoms with van der Waals surface area (Å²) in [7, 11) is 0. The third-order valence-corrected chi connectivity index (χ3v) is 2.20. The molecule has 2 heteroatoms. The highest BCUT2D eigenvalue weighted by Crippen LogP contribution is 2.16. The fourth-order valence-corrected chi connectivity index (χ4v) is 1.03. The summed E-state index contributed by atoms with van der Waals surface area (Å²) in [4.78, 5) is 10.9. The number of carbonyl (C=O) groups excluding carboxylic acids is 1. The number of ketones is 1. The van der Waals surface area contributed by atoms with Gasteiger partial charge < -0.3 is 5.11 Å². The number of hydrogen-bond acceptors (Lipinski definition) is 2. The van der Waals surface area contributed by atoms with E-state index >= 15 is 0 Å². The molecule has 0 saturated heterocycles. The molecule has 1 atom stereocenters. The molecule has 1 N–H and O–H groups in total. The molecular weight excluding hydrogens is 152 g/mol. The van der Waals surface area contributed by atoms with Crippen molar-refractivity contribution < 1.29 is 9.90 Å². The zero-order valence-electron chi connectivity index (χ0n) is 8.55. The van der Waals surface area contributed by atoms with Crippen molar-refractivity contribution in [2.45, 2.75) is 52.6 Å². The molecule has 0 heterocycles. The van der Waals surface area contributed by atoms with Crippen molar-refractivity contribution in [2.75, 3.05) is 0 Å². The largest absolute Gasteiger partial charge is 0.382 e. The van der Waals surface area contributed by atoms with E-state index in [2.05, 4.69) is 13.8 Å². The third-order valence-electron chi connectivity index (χ3n) is 2.20. The van der Waals surface area contributed by atoms with E-state index in [1.807, 2.05) is 0 Å². The first-order valence-corrected chi connectivity index (χ1v) is 4.59. The van der Waals surface area contributed by atoms with Crippen LogP contribution in [-0.4, -0.2) is 16.5 Å². The van der Waals surface area contributed by atoms with Gasteiger partial charge in [-0.05, 0) is 32.6 Å². The van der Waals surface area contributed by atoms with Crippen LogP contribution in [0.1, 0.15) is 47.0 Å². The SMILES string of the molecule is CC(=O)C(C)(O)CCCC(C)C. The smallest absolute Gasteiger partial charge is 0.160 e. The van der Waals surface area contributed by atoms with Crippen LogP contribution in [0, 0.1) is 5.92 Å². The van der Waals surface area contributed by atoms with Gasteiger partial charge in [0, 0.05) is 0 Å². The summed E-state index contributed by atoms with van der Waals surface area (Å²) >= 11 is 0. The van der Waals surface area contributed by atoms with E-state index in [4.69, 9.17) is 0 Å². The van der Waals surface area contributed by atoms with Crippen LogP contribution < -0.4 is 0 Å². The first-order valence-electron chi connectivity index (χ1n) is 4.59. The molecular formula is C10H20O2. The zero-order valence-corrected chi connectivity index (χ0v) is 8.55. The first kappa shape index (κ1) is 11.6. The van der Waals surface area contributed by atoms with Crippen LogP contribution >= 0.6 is 0 Å². The Balaban J connectivity index is 3.69. The van der Waals surface area contributed by atoms with Crippen LogP contribution in [0.25, 0.3) is 0 Å². The third kappa shape index (κ3) is 4.50. The highest BCUT2D eigenvalue weighted by molar-refractivity contribution is 5.84. The lowest BCUT2D eigenvalue weighted by atomic mass is 9.93. The Kier molecular flexibility index (Phi) is 4.46. The van der Waals surface area contributed by atoms with Crippen molar-refractivity contribution in [2.24, 2.45) is 5.92 Å². The number of rotatable bonds is 5. The monoisotopic (exact) mass is 172 g/mol. The molecule has 72 valence electrons. The first-order chi connectivity index (χ1) is 5.36. The van der Waals surface area contributed by atoms with Gasteiger partial charge >= 0.3 is 0 Å². The molecule has 0 amide bonds. The van der Waals surface area contributed by atoms with E-state index in [0.29, 0.717) is 12.3 Å². The van der Waals surface area contributed by atoms with E-state index in [1.165, 1.54) is 6.92 Å². The second-order valence-electron chi connectivity index (χ2n) is 4.12. The van der Waals surface area contributed by atoms with Gasteiger partial charge in [-0.15, -0.1) is 0 Å². The Morgan fingerprint density at radius 3 is 2.33 bits per heavy atom. The summed E-state index contributed by atoms with van der Waals surface area (Å²) in [6.45, 7) is 7.32. The van der Waals surface area contributed by atoms with Crippen molar-refractivity contribution in [3.05, 3.63) is 0 Å². The van der Waals surface area contributed by atoms with E-state index < -0.39 is 5.60 Å². The van der Waals surface area contributed by atoms with Gasteiger partial charge in [-0.1, -0.05) is 20.3 Å². The Bertz CT molecular complexity index is 148. The zero-order chi connectivity index (χ0) is 9.78. The minimum absolute atomic E-state index is 0.133. The molecule has 0 bridgehead atoms. The predicted molar refractivity (Wildman–Crippen MR) is 50.0 cm³/mol. The molecule has 0 saturated carbocycles. The highest BCUT2D eigenvalue weighted by atomic mass is 16.3. The van der Waals surface area contributed by atoms with Gasteiger partial charge in [0.2, 0.25) is 0 Å². The maximum atomic E-state index is 10.9. The molecule has 2 nitrogen and oxygen atoms in total. The Morgan fingerprint density at radius 2 is 2.00 bits per heavy atom. The average Bonchev–Trinajstić information content (AvgIpc) is 1.85. The van der Waals surface area contributed by atoms with Gasteiger partial charge in [0.15, 0.2) is 5.78 Å². The van der Waals surface area contributed by atoms with Gasteiger partial charge in [-0.25, -0.2) is 0 Å². The summed E-state index contributed by atoms with van der Waals surface area (Å²) in [5.74, 6) is 0.513. The van der Waals surface area contributed by atoms with E-state index in [0.717, 1.165) is 12.8 Å². The summed E-state index contributed by atoms with van der Waals surface area (Å²) in [6.07, 6.45) is 2.58. The topological polar surface area (TPSA) is 37.3 Å². The Labute approximate surface area is 75.0 Å². The van der Waals surface area contributed by atoms with Crippen LogP contribution in [0.5, 0.6) is 0 Å². The number of hydrogen-bond donors (Lipinski definition) is 1. The van der Waals surface area contributed by atoms with E-state index in [-0.39, 0.29) is 5.78 Å². The number of carbonyl (C=O) groups is 1. The Hall–Kier alpha value is -0.370. The number of aliphatic hydroxyl groups is 1. The molecule has 0 aliphatic carbocycles. The lowest BCUT2D eigenvalue weighted by Gasteiger charge is -2.19. The molecule has 0 aromatic carbocycles. The van der Waals surface area contributed by atoms with Crippen molar-refractivity contribution in [1.82, 2.24) is 0 Å². The van der Waals surface area contributed by atoms with Crippen LogP contribution in [0.2, 0.25) is 0 Å². The summed E-state index contributed by atoms with van der Waals surface area (Å²) in [6, 6.07) is 0. The molecule has 0 rings (SSSR count). The van der Waals surface area contributed by atoms with Gasteiger partial charge in [0.1, 0.15) is 5.60 Å². The second-order valence-corrected chi connectivity index (χ2v) is 4.12. The van der Waals surface area contributed by atoms with Crippen molar-refractivity contribution in [3.63, 3.8) is 0 Å². The molecule has 1 unspecified atom stereocenters. The summed E-state index contributed by atoms with van der Waals surface area (Å²) in [5, 5.41) is 9.56. The molecule has 0 aromatic rings. The predicted octanol–water partition coefficient (Wildman–Crippen LogP) is 2.15. The van der Waals surface area contributed by atoms with Crippen molar-refractivity contribution >= 4 is 5.78 Å². The molecule has 0 fully saturated rings. The fraction of sp³-hybridized carbons (Fsp3) is 0.900. The molecule has 0 aliphatic rings. The molecule has 0 aliphatic heterocycles. The van der Waals surface area contributed by atoms with E-state index in [1.54, 1.807) is 6.92 Å². The maximum Gasteiger partial charge on any atom is 0.160 e. The minimum atomic E-state index is -1.10. The van der Waals surface area contributed by atoms with Gasteiger partial charge in [-0.2, -0.15) is 0 Å². The molecule has 12 heavy (non-hydrogen) atoms. The molecule has 0 spiro atoms. The summed E-state index contributed by atoms with van der Waals surface area (Å²) < 4.78 is 0.